The van der Waals surface area contributed by atoms with Gasteiger partial charge in [-0.25, -0.2) is 0 Å². The maximum atomic E-state index is 11.9. The van der Waals surface area contributed by atoms with Crippen LogP contribution in [0.3, 0.4) is 0 Å². The Morgan fingerprint density at radius 3 is 2.56 bits per heavy atom. The van der Waals surface area contributed by atoms with Crippen molar-refractivity contribution in [2.75, 3.05) is 6.61 Å². The molecule has 0 saturated carbocycles. The van der Waals surface area contributed by atoms with Crippen LogP contribution in [0, 0.1) is 0 Å². The molecule has 142 valence electrons. The minimum absolute atomic E-state index is 0.193. The normalized spacial score (nSPS) is 11.8. The van der Waals surface area contributed by atoms with Crippen molar-refractivity contribution in [2.45, 2.75) is 26.2 Å². The topological polar surface area (TPSA) is 67.4 Å². The predicted molar refractivity (Wildman–Crippen MR) is 107 cm³/mol. The monoisotopic (exact) mass is 386 g/mol. The molecule has 1 atom stereocenters. The van der Waals surface area contributed by atoms with Crippen LogP contribution in [0.4, 0.5) is 0 Å². The molecular formula is C21H23ClN2O3. The molecule has 0 radical (unpaired) electrons. The lowest BCUT2D eigenvalue weighted by Gasteiger charge is -2.15. The van der Waals surface area contributed by atoms with Gasteiger partial charge in [0.1, 0.15) is 5.75 Å². The zero-order chi connectivity index (χ0) is 19.6. The van der Waals surface area contributed by atoms with Crippen LogP contribution >= 0.6 is 11.6 Å². The molecule has 0 aliphatic rings. The first-order valence-corrected chi connectivity index (χ1v) is 9.12. The van der Waals surface area contributed by atoms with Crippen LogP contribution in [0.2, 0.25) is 5.02 Å². The molecule has 0 aromatic heterocycles. The van der Waals surface area contributed by atoms with E-state index in [2.05, 4.69) is 24.7 Å². The summed E-state index contributed by atoms with van der Waals surface area (Å²) in [6.07, 6.45) is 3.84. The molecule has 0 fully saturated rings. The van der Waals surface area contributed by atoms with Crippen molar-refractivity contribution in [1.82, 2.24) is 10.9 Å². The van der Waals surface area contributed by atoms with Crippen molar-refractivity contribution in [3.63, 3.8) is 0 Å². The number of carbonyl (C=O) groups is 2. The molecule has 2 amide bonds. The van der Waals surface area contributed by atoms with E-state index in [1.54, 1.807) is 24.3 Å². The average molecular weight is 387 g/mol. The summed E-state index contributed by atoms with van der Waals surface area (Å²) in [4.78, 5) is 23.7. The summed E-state index contributed by atoms with van der Waals surface area (Å²) in [5, 5.41) is 0.541. The van der Waals surface area contributed by atoms with E-state index in [0.717, 1.165) is 12.0 Å². The molecule has 0 saturated heterocycles. The smallest absolute Gasteiger partial charge is 0.276 e. The van der Waals surface area contributed by atoms with Crippen LogP contribution in [0.1, 0.15) is 37.3 Å². The van der Waals surface area contributed by atoms with Crippen molar-refractivity contribution >= 4 is 29.5 Å². The highest BCUT2D eigenvalue weighted by atomic mass is 35.5. The Morgan fingerprint density at radius 2 is 1.81 bits per heavy atom. The fourth-order valence-corrected chi connectivity index (χ4v) is 2.57. The molecular weight excluding hydrogens is 364 g/mol. The number of hydrazine groups is 1. The summed E-state index contributed by atoms with van der Waals surface area (Å²) < 4.78 is 5.60. The first-order valence-electron chi connectivity index (χ1n) is 8.74. The second kappa shape index (κ2) is 10.4. The number of hydrogen-bond donors (Lipinski definition) is 2. The highest BCUT2D eigenvalue weighted by molar-refractivity contribution is 6.32. The van der Waals surface area contributed by atoms with E-state index < -0.39 is 11.8 Å². The Kier molecular flexibility index (Phi) is 7.89. The molecule has 5 nitrogen and oxygen atoms in total. The highest BCUT2D eigenvalue weighted by Crippen LogP contribution is 2.28. The number of carbonyl (C=O) groups excluding carboxylic acids is 2. The summed E-state index contributed by atoms with van der Waals surface area (Å²) in [5.74, 6) is 0.0857. The van der Waals surface area contributed by atoms with Gasteiger partial charge >= 0.3 is 0 Å². The van der Waals surface area contributed by atoms with Crippen LogP contribution in [0.5, 0.6) is 5.75 Å². The quantitative estimate of drug-likeness (QED) is 0.556. The van der Waals surface area contributed by atoms with Crippen molar-refractivity contribution in [3.05, 3.63) is 70.8 Å². The predicted octanol–water partition coefficient (Wildman–Crippen LogP) is 4.09. The summed E-state index contributed by atoms with van der Waals surface area (Å²) in [5.41, 5.74) is 6.40. The second-order valence-electron chi connectivity index (χ2n) is 6.03. The first-order chi connectivity index (χ1) is 13.0. The Morgan fingerprint density at radius 1 is 1.11 bits per heavy atom. The van der Waals surface area contributed by atoms with Gasteiger partial charge in [0.05, 0.1) is 0 Å². The number of nitrogens with one attached hydrogen (secondary N) is 2. The average Bonchev–Trinajstić information content (AvgIpc) is 2.69. The number of halogens is 1. The Hall–Kier alpha value is -2.79. The molecule has 0 spiro atoms. The van der Waals surface area contributed by atoms with Crippen LogP contribution in [0.25, 0.3) is 6.08 Å². The number of para-hydroxylation sites is 1. The molecule has 2 N–H and O–H groups in total. The van der Waals surface area contributed by atoms with Gasteiger partial charge in [0, 0.05) is 11.1 Å². The lowest BCUT2D eigenvalue weighted by molar-refractivity contribution is -0.128. The maximum absolute atomic E-state index is 11.9. The standard InChI is InChI=1S/C21H23ClN2O3/c1-3-15(2)17-9-5-7-11-19(17)27-14-21(26)24-23-20(25)13-12-16-8-4-6-10-18(16)22/h4-13,15H,3,14H2,1-2H3,(H,23,25)(H,24,26)/b13-12+/t15-/m1/s1. The lowest BCUT2D eigenvalue weighted by atomic mass is 9.98. The summed E-state index contributed by atoms with van der Waals surface area (Å²) in [6.45, 7) is 4.01. The number of hydrogen-bond acceptors (Lipinski definition) is 3. The van der Waals surface area contributed by atoms with E-state index in [-0.39, 0.29) is 6.61 Å². The Bertz CT molecular complexity index is 821. The SMILES string of the molecule is CC[C@@H](C)c1ccccc1OCC(=O)NNC(=O)/C=C/c1ccccc1Cl. The molecule has 2 aromatic carbocycles. The Labute approximate surface area is 164 Å². The Balaban J connectivity index is 1.81. The third-order valence-electron chi connectivity index (χ3n) is 4.07. The molecule has 2 rings (SSSR count). The summed E-state index contributed by atoms with van der Waals surface area (Å²) in [6, 6.07) is 14.8. The van der Waals surface area contributed by atoms with E-state index >= 15 is 0 Å². The third-order valence-corrected chi connectivity index (χ3v) is 4.41. The number of ether oxygens (including phenoxy) is 1. The maximum Gasteiger partial charge on any atom is 0.276 e. The molecule has 6 heteroatoms. The zero-order valence-electron chi connectivity index (χ0n) is 15.4. The largest absolute Gasteiger partial charge is 0.483 e. The molecule has 27 heavy (non-hydrogen) atoms. The highest BCUT2D eigenvalue weighted by Gasteiger charge is 2.11. The van der Waals surface area contributed by atoms with Crippen LogP contribution in [0.15, 0.2) is 54.6 Å². The summed E-state index contributed by atoms with van der Waals surface area (Å²) in [7, 11) is 0. The second-order valence-corrected chi connectivity index (χ2v) is 6.44. The molecule has 2 aromatic rings. The molecule has 0 unspecified atom stereocenters. The van der Waals surface area contributed by atoms with Crippen molar-refractivity contribution < 1.29 is 14.3 Å². The van der Waals surface area contributed by atoms with Gasteiger partial charge in [-0.15, -0.1) is 0 Å². The van der Waals surface area contributed by atoms with Gasteiger partial charge in [-0.2, -0.15) is 0 Å². The van der Waals surface area contributed by atoms with E-state index in [1.165, 1.54) is 6.08 Å². The minimum Gasteiger partial charge on any atom is -0.483 e. The van der Waals surface area contributed by atoms with E-state index in [9.17, 15) is 9.59 Å². The van der Waals surface area contributed by atoms with Gasteiger partial charge in [0.15, 0.2) is 6.61 Å². The van der Waals surface area contributed by atoms with Crippen LogP contribution in [-0.2, 0) is 9.59 Å². The minimum atomic E-state index is -0.469. The van der Waals surface area contributed by atoms with E-state index in [0.29, 0.717) is 22.3 Å². The van der Waals surface area contributed by atoms with Crippen molar-refractivity contribution in [3.8, 4) is 5.75 Å². The van der Waals surface area contributed by atoms with E-state index in [4.69, 9.17) is 16.3 Å². The van der Waals surface area contributed by atoms with Gasteiger partial charge in [0.2, 0.25) is 0 Å². The van der Waals surface area contributed by atoms with Crippen LogP contribution < -0.4 is 15.6 Å². The third kappa shape index (κ3) is 6.46. The van der Waals surface area contributed by atoms with Crippen molar-refractivity contribution in [1.29, 1.82) is 0 Å². The van der Waals surface area contributed by atoms with Gasteiger partial charge in [-0.3, -0.25) is 20.4 Å². The summed E-state index contributed by atoms with van der Waals surface area (Å²) >= 11 is 6.01. The zero-order valence-corrected chi connectivity index (χ0v) is 16.1. The first kappa shape index (κ1) is 20.5. The van der Waals surface area contributed by atoms with Crippen molar-refractivity contribution in [2.24, 2.45) is 0 Å². The molecule has 0 bridgehead atoms. The molecule has 0 aliphatic carbocycles. The van der Waals surface area contributed by atoms with Gasteiger partial charge in [-0.1, -0.05) is 61.8 Å². The molecule has 0 heterocycles. The number of benzene rings is 2. The van der Waals surface area contributed by atoms with Gasteiger partial charge in [-0.05, 0) is 41.7 Å². The fourth-order valence-electron chi connectivity index (χ4n) is 2.37. The number of amides is 2. The van der Waals surface area contributed by atoms with Gasteiger partial charge in [0.25, 0.3) is 11.8 Å². The van der Waals surface area contributed by atoms with Crippen LogP contribution in [-0.4, -0.2) is 18.4 Å². The number of rotatable bonds is 7. The fraction of sp³-hybridized carbons (Fsp3) is 0.238. The lowest BCUT2D eigenvalue weighted by Crippen LogP contribution is -2.43. The van der Waals surface area contributed by atoms with Gasteiger partial charge < -0.3 is 4.74 Å². The molecule has 0 aliphatic heterocycles. The van der Waals surface area contributed by atoms with E-state index in [1.807, 2.05) is 30.3 Å².